The van der Waals surface area contributed by atoms with Crippen molar-refractivity contribution in [3.63, 3.8) is 0 Å². The Hall–Kier alpha value is -7.83. The fourth-order valence-corrected chi connectivity index (χ4v) is 9.81. The van der Waals surface area contributed by atoms with Crippen molar-refractivity contribution >= 4 is 65.7 Å². The van der Waals surface area contributed by atoms with Gasteiger partial charge in [-0.05, 0) is 75.8 Å². The molecule has 0 radical (unpaired) electrons. The average Bonchev–Trinajstić information content (AvgIpc) is 4.03. The van der Waals surface area contributed by atoms with Gasteiger partial charge in [-0.3, -0.25) is 4.57 Å². The first kappa shape index (κ1) is 33.2. The lowest BCUT2D eigenvalue weighted by Gasteiger charge is -2.21. The SMILES string of the molecule is CC1(C)c2ccccc2-c2ccc(-c3nc(-c4ccccc4)nc(-n4c5ccccc5c5c(-c6ccc7oc8ccccc8c7c6)cc6c7ccccc7oc6c54)n3)cc21. The molecule has 0 aliphatic heterocycles. The maximum atomic E-state index is 6.89. The van der Waals surface area contributed by atoms with Crippen LogP contribution in [0.5, 0.6) is 0 Å². The third-order valence-electron chi connectivity index (χ3n) is 12.7. The molecule has 0 saturated heterocycles. The van der Waals surface area contributed by atoms with E-state index < -0.39 is 0 Å². The summed E-state index contributed by atoms with van der Waals surface area (Å²) in [7, 11) is 0. The van der Waals surface area contributed by atoms with Gasteiger partial charge in [-0.25, -0.2) is 4.98 Å². The summed E-state index contributed by atoms with van der Waals surface area (Å²) >= 11 is 0. The summed E-state index contributed by atoms with van der Waals surface area (Å²) in [6.07, 6.45) is 0. The van der Waals surface area contributed by atoms with Gasteiger partial charge in [-0.1, -0.05) is 141 Å². The summed E-state index contributed by atoms with van der Waals surface area (Å²) in [5.74, 6) is 1.72. The van der Waals surface area contributed by atoms with E-state index in [0.717, 1.165) is 87.9 Å². The lowest BCUT2D eigenvalue weighted by atomic mass is 9.82. The number of hydrogen-bond acceptors (Lipinski definition) is 5. The molecule has 0 unspecified atom stereocenters. The van der Waals surface area contributed by atoms with Crippen LogP contribution in [0.2, 0.25) is 0 Å². The predicted octanol–water partition coefficient (Wildman–Crippen LogP) is 14.1. The first-order valence-electron chi connectivity index (χ1n) is 20.4. The Morgan fingerprint density at radius 2 is 1.07 bits per heavy atom. The van der Waals surface area contributed by atoms with Crippen LogP contribution in [0.25, 0.3) is 117 Å². The number of nitrogens with zero attached hydrogens (tertiary/aromatic N) is 4. The van der Waals surface area contributed by atoms with Gasteiger partial charge in [0.1, 0.15) is 22.3 Å². The van der Waals surface area contributed by atoms with Crippen molar-refractivity contribution in [2.75, 3.05) is 0 Å². The van der Waals surface area contributed by atoms with Crippen LogP contribution in [-0.2, 0) is 5.41 Å². The summed E-state index contributed by atoms with van der Waals surface area (Å²) in [5.41, 5.74) is 14.2. The first-order chi connectivity index (χ1) is 29.5. The second-order valence-electron chi connectivity index (χ2n) is 16.4. The number of rotatable bonds is 4. The highest BCUT2D eigenvalue weighted by molar-refractivity contribution is 6.26. The first-order valence-corrected chi connectivity index (χ1v) is 20.4. The molecule has 0 fully saturated rings. The van der Waals surface area contributed by atoms with Crippen molar-refractivity contribution in [2.24, 2.45) is 0 Å². The molecule has 0 saturated carbocycles. The number of aromatic nitrogens is 4. The van der Waals surface area contributed by atoms with Gasteiger partial charge < -0.3 is 8.83 Å². The van der Waals surface area contributed by atoms with Crippen LogP contribution in [0.1, 0.15) is 25.0 Å². The van der Waals surface area contributed by atoms with Gasteiger partial charge in [0.2, 0.25) is 5.95 Å². The summed E-state index contributed by atoms with van der Waals surface area (Å²) in [4.78, 5) is 15.9. The quantitative estimate of drug-likeness (QED) is 0.178. The monoisotopic (exact) mass is 770 g/mol. The van der Waals surface area contributed by atoms with E-state index in [1.165, 1.54) is 22.3 Å². The molecule has 8 aromatic carbocycles. The highest BCUT2D eigenvalue weighted by atomic mass is 16.3. The average molecular weight is 771 g/mol. The molecule has 13 rings (SSSR count). The minimum atomic E-state index is -0.179. The van der Waals surface area contributed by atoms with Crippen LogP contribution >= 0.6 is 0 Å². The summed E-state index contributed by atoms with van der Waals surface area (Å²) in [5, 5.41) is 6.37. The number of fused-ring (bicyclic) bond motifs is 13. The maximum Gasteiger partial charge on any atom is 0.238 e. The molecular weight excluding hydrogens is 737 g/mol. The fourth-order valence-electron chi connectivity index (χ4n) is 9.81. The van der Waals surface area contributed by atoms with Crippen molar-refractivity contribution in [3.05, 3.63) is 181 Å². The third-order valence-corrected chi connectivity index (χ3v) is 12.7. The largest absolute Gasteiger partial charge is 0.456 e. The molecule has 0 bridgehead atoms. The maximum absolute atomic E-state index is 6.89. The van der Waals surface area contributed by atoms with Gasteiger partial charge in [-0.2, -0.15) is 9.97 Å². The zero-order valence-corrected chi connectivity index (χ0v) is 32.8. The van der Waals surface area contributed by atoms with Crippen LogP contribution in [0.15, 0.2) is 179 Å². The molecule has 0 N–H and O–H groups in total. The predicted molar refractivity (Wildman–Crippen MR) is 243 cm³/mol. The molecule has 282 valence electrons. The van der Waals surface area contributed by atoms with Crippen molar-refractivity contribution in [1.29, 1.82) is 0 Å². The van der Waals surface area contributed by atoms with E-state index in [-0.39, 0.29) is 5.41 Å². The molecule has 6 heteroatoms. The van der Waals surface area contributed by atoms with Crippen LogP contribution in [0, 0.1) is 0 Å². The minimum Gasteiger partial charge on any atom is -0.456 e. The number of benzene rings is 8. The highest BCUT2D eigenvalue weighted by Gasteiger charge is 2.35. The highest BCUT2D eigenvalue weighted by Crippen LogP contribution is 2.50. The molecule has 6 nitrogen and oxygen atoms in total. The number of furan rings is 2. The van der Waals surface area contributed by atoms with Gasteiger partial charge in [0.05, 0.1) is 5.52 Å². The fraction of sp³-hybridized carbons (Fsp3) is 0.0556. The molecule has 0 atom stereocenters. The Morgan fingerprint density at radius 1 is 0.433 bits per heavy atom. The zero-order chi connectivity index (χ0) is 39.7. The number of hydrogen-bond donors (Lipinski definition) is 0. The van der Waals surface area contributed by atoms with Crippen molar-refractivity contribution in [3.8, 4) is 51.0 Å². The van der Waals surface area contributed by atoms with Crippen molar-refractivity contribution < 1.29 is 8.83 Å². The van der Waals surface area contributed by atoms with Gasteiger partial charge in [-0.15, -0.1) is 0 Å². The molecule has 4 aromatic heterocycles. The normalized spacial score (nSPS) is 13.3. The van der Waals surface area contributed by atoms with Gasteiger partial charge >= 0.3 is 0 Å². The van der Waals surface area contributed by atoms with E-state index in [0.29, 0.717) is 17.6 Å². The Labute approximate surface area is 344 Å². The van der Waals surface area contributed by atoms with E-state index in [4.69, 9.17) is 23.8 Å². The zero-order valence-electron chi connectivity index (χ0n) is 32.8. The van der Waals surface area contributed by atoms with Crippen LogP contribution in [0.3, 0.4) is 0 Å². The van der Waals surface area contributed by atoms with E-state index in [9.17, 15) is 0 Å². The molecule has 4 heterocycles. The van der Waals surface area contributed by atoms with Gasteiger partial charge in [0, 0.05) is 48.9 Å². The standard InChI is InChI=1S/C54H34N4O2/c1-54(2)42-20-10-6-16-34(42)35-26-24-33(29-43(35)54)52-55-51(31-14-4-3-5-15-31)56-53(57-52)58-44-21-11-7-19-38(44)48-39(30-41-37-18-9-13-23-46(37)60-50(41)49(48)58)32-25-27-47-40(28-32)36-17-8-12-22-45(36)59-47/h3-30H,1-2H3. The summed E-state index contributed by atoms with van der Waals surface area (Å²) in [6.45, 7) is 4.60. The molecule has 12 aromatic rings. The minimum absolute atomic E-state index is 0.179. The van der Waals surface area contributed by atoms with Crippen molar-refractivity contribution in [1.82, 2.24) is 19.5 Å². The Kier molecular flexibility index (Phi) is 6.69. The van der Waals surface area contributed by atoms with Crippen LogP contribution < -0.4 is 0 Å². The summed E-state index contributed by atoms with van der Waals surface area (Å²) < 4.78 is 15.4. The van der Waals surface area contributed by atoms with E-state index >= 15 is 0 Å². The second kappa shape index (κ2) is 12.1. The second-order valence-corrected chi connectivity index (χ2v) is 16.4. The topological polar surface area (TPSA) is 69.9 Å². The van der Waals surface area contributed by atoms with Crippen LogP contribution in [0.4, 0.5) is 0 Å². The third kappa shape index (κ3) is 4.61. The molecule has 0 amide bonds. The number of para-hydroxylation sites is 3. The van der Waals surface area contributed by atoms with Gasteiger partial charge in [0.15, 0.2) is 17.2 Å². The molecule has 1 aliphatic rings. The lowest BCUT2D eigenvalue weighted by Crippen LogP contribution is -2.15. The Morgan fingerprint density at radius 3 is 1.90 bits per heavy atom. The van der Waals surface area contributed by atoms with E-state index in [1.807, 2.05) is 42.5 Å². The molecule has 1 aliphatic carbocycles. The smallest absolute Gasteiger partial charge is 0.238 e. The Balaban J connectivity index is 1.13. The lowest BCUT2D eigenvalue weighted by molar-refractivity contribution is 0.660. The summed E-state index contributed by atoms with van der Waals surface area (Å²) in [6, 6.07) is 59.4. The van der Waals surface area contributed by atoms with E-state index in [2.05, 4.69) is 146 Å². The molecule has 0 spiro atoms. The van der Waals surface area contributed by atoms with Gasteiger partial charge in [0.25, 0.3) is 0 Å². The molecular formula is C54H34N4O2. The van der Waals surface area contributed by atoms with Crippen LogP contribution in [-0.4, -0.2) is 19.5 Å². The molecule has 60 heavy (non-hydrogen) atoms. The van der Waals surface area contributed by atoms with Crippen molar-refractivity contribution in [2.45, 2.75) is 19.3 Å². The Bertz CT molecular complexity index is 3760. The van der Waals surface area contributed by atoms with E-state index in [1.54, 1.807) is 0 Å².